The Kier molecular flexibility index (Phi) is 4.30. The number of primary amides is 1. The van der Waals surface area contributed by atoms with Gasteiger partial charge < -0.3 is 16.8 Å². The summed E-state index contributed by atoms with van der Waals surface area (Å²) in [4.78, 5) is 16.3. The van der Waals surface area contributed by atoms with E-state index >= 15 is 0 Å². The Hall–Kier alpha value is -2.93. The molecular weight excluding hydrogens is 328 g/mol. The van der Waals surface area contributed by atoms with Gasteiger partial charge in [-0.1, -0.05) is 18.2 Å². The molecule has 0 bridgehead atoms. The molecule has 7 nitrogen and oxygen atoms in total. The Balaban J connectivity index is 1.75. The first-order chi connectivity index (χ1) is 12.6. The number of aromatic nitrogens is 3. The lowest BCUT2D eigenvalue weighted by Crippen LogP contribution is -2.33. The topological polar surface area (TPSA) is 111 Å². The molecule has 0 spiro atoms. The van der Waals surface area contributed by atoms with E-state index in [4.69, 9.17) is 11.5 Å². The lowest BCUT2D eigenvalue weighted by Gasteiger charge is -2.27. The van der Waals surface area contributed by atoms with Gasteiger partial charge in [-0.2, -0.15) is 0 Å². The summed E-state index contributed by atoms with van der Waals surface area (Å²) < 4.78 is 1.73. The van der Waals surface area contributed by atoms with Gasteiger partial charge in [-0.15, -0.1) is 5.10 Å². The van der Waals surface area contributed by atoms with Crippen molar-refractivity contribution in [1.29, 1.82) is 0 Å². The Labute approximate surface area is 151 Å². The Morgan fingerprint density at radius 2 is 1.92 bits per heavy atom. The third-order valence-electron chi connectivity index (χ3n) is 4.97. The number of rotatable bonds is 4. The number of nitrogens with zero attached hydrogens (tertiary/aromatic N) is 3. The van der Waals surface area contributed by atoms with Gasteiger partial charge in [0, 0.05) is 35.6 Å². The molecule has 2 heterocycles. The van der Waals surface area contributed by atoms with Crippen LogP contribution in [0.15, 0.2) is 42.7 Å². The van der Waals surface area contributed by atoms with Gasteiger partial charge in [-0.3, -0.25) is 4.79 Å². The van der Waals surface area contributed by atoms with Crippen LogP contribution in [0.2, 0.25) is 0 Å². The maximum Gasteiger partial charge on any atom is 0.249 e. The molecule has 0 aliphatic heterocycles. The SMILES string of the molecule is NC(=O)c1ccccc1-c1cc(N[C@H]2CC[C@H](N)CC2)nn2ccnc12. The van der Waals surface area contributed by atoms with Crippen LogP contribution in [0.3, 0.4) is 0 Å². The van der Waals surface area contributed by atoms with Gasteiger partial charge in [0.05, 0.1) is 0 Å². The number of carbonyl (C=O) groups is 1. The van der Waals surface area contributed by atoms with Crippen molar-refractivity contribution in [3.8, 4) is 11.1 Å². The third kappa shape index (κ3) is 3.13. The molecule has 0 unspecified atom stereocenters. The molecule has 1 fully saturated rings. The number of anilines is 1. The van der Waals surface area contributed by atoms with Gasteiger partial charge in [0.1, 0.15) is 5.82 Å². The quantitative estimate of drug-likeness (QED) is 0.668. The van der Waals surface area contributed by atoms with E-state index in [0.717, 1.165) is 42.6 Å². The fraction of sp³-hybridized carbons (Fsp3) is 0.316. The monoisotopic (exact) mass is 350 g/mol. The molecule has 5 N–H and O–H groups in total. The average molecular weight is 350 g/mol. The normalized spacial score (nSPS) is 20.2. The predicted molar refractivity (Wildman–Crippen MR) is 101 cm³/mol. The van der Waals surface area contributed by atoms with E-state index in [-0.39, 0.29) is 0 Å². The number of benzene rings is 1. The second kappa shape index (κ2) is 6.76. The molecule has 1 amide bonds. The second-order valence-corrected chi connectivity index (χ2v) is 6.80. The largest absolute Gasteiger partial charge is 0.366 e. The molecule has 3 aromatic rings. The van der Waals surface area contributed by atoms with Crippen LogP contribution in [0.25, 0.3) is 16.8 Å². The number of hydrogen-bond donors (Lipinski definition) is 3. The van der Waals surface area contributed by atoms with Crippen LogP contribution in [0, 0.1) is 0 Å². The lowest BCUT2D eigenvalue weighted by atomic mass is 9.92. The third-order valence-corrected chi connectivity index (χ3v) is 4.97. The van der Waals surface area contributed by atoms with E-state index in [9.17, 15) is 4.79 Å². The van der Waals surface area contributed by atoms with Gasteiger partial charge in [0.15, 0.2) is 5.65 Å². The molecule has 26 heavy (non-hydrogen) atoms. The van der Waals surface area contributed by atoms with Crippen LogP contribution in [0.1, 0.15) is 36.0 Å². The van der Waals surface area contributed by atoms with Crippen LogP contribution in [0.5, 0.6) is 0 Å². The van der Waals surface area contributed by atoms with Crippen molar-refractivity contribution in [2.45, 2.75) is 37.8 Å². The van der Waals surface area contributed by atoms with E-state index in [0.29, 0.717) is 23.3 Å². The van der Waals surface area contributed by atoms with E-state index in [1.807, 2.05) is 18.2 Å². The highest BCUT2D eigenvalue weighted by Crippen LogP contribution is 2.29. The summed E-state index contributed by atoms with van der Waals surface area (Å²) in [5.41, 5.74) is 14.3. The van der Waals surface area contributed by atoms with Crippen LogP contribution < -0.4 is 16.8 Å². The highest BCUT2D eigenvalue weighted by Gasteiger charge is 2.20. The summed E-state index contributed by atoms with van der Waals surface area (Å²) in [6, 6.07) is 9.90. The standard InChI is InChI=1S/C19H22N6O/c20-12-5-7-13(8-6-12)23-17-11-16(19-22-9-10-25(19)24-17)14-3-1-2-4-15(14)18(21)26/h1-4,9-13H,5-8,20H2,(H2,21,26)(H,23,24)/t12-,13-. The van der Waals surface area contributed by atoms with Gasteiger partial charge in [-0.05, 0) is 43.4 Å². The van der Waals surface area contributed by atoms with Crippen LogP contribution in [-0.4, -0.2) is 32.6 Å². The van der Waals surface area contributed by atoms with Crippen molar-refractivity contribution in [2.24, 2.45) is 11.5 Å². The Morgan fingerprint density at radius 1 is 1.15 bits per heavy atom. The maximum atomic E-state index is 11.9. The molecule has 0 radical (unpaired) electrons. The highest BCUT2D eigenvalue weighted by molar-refractivity contribution is 6.01. The summed E-state index contributed by atoms with van der Waals surface area (Å²) in [7, 11) is 0. The molecule has 0 saturated heterocycles. The minimum absolute atomic E-state index is 0.301. The predicted octanol–water partition coefficient (Wildman–Crippen LogP) is 2.18. The first-order valence-electron chi connectivity index (χ1n) is 8.87. The molecule has 2 aromatic heterocycles. The number of amides is 1. The Bertz CT molecular complexity index is 942. The minimum atomic E-state index is -0.460. The summed E-state index contributed by atoms with van der Waals surface area (Å²) in [6.45, 7) is 0. The van der Waals surface area contributed by atoms with Gasteiger partial charge in [0.25, 0.3) is 0 Å². The van der Waals surface area contributed by atoms with Crippen molar-refractivity contribution in [1.82, 2.24) is 14.6 Å². The smallest absolute Gasteiger partial charge is 0.249 e. The molecule has 1 aliphatic rings. The van der Waals surface area contributed by atoms with E-state index in [1.165, 1.54) is 0 Å². The zero-order chi connectivity index (χ0) is 18.1. The van der Waals surface area contributed by atoms with E-state index in [1.54, 1.807) is 29.0 Å². The van der Waals surface area contributed by atoms with Crippen LogP contribution >= 0.6 is 0 Å². The van der Waals surface area contributed by atoms with Crippen LogP contribution in [0.4, 0.5) is 5.82 Å². The first kappa shape index (κ1) is 16.5. The van der Waals surface area contributed by atoms with Crippen LogP contribution in [-0.2, 0) is 0 Å². The first-order valence-corrected chi connectivity index (χ1v) is 8.87. The molecule has 1 saturated carbocycles. The maximum absolute atomic E-state index is 11.9. The van der Waals surface area contributed by atoms with Crippen molar-refractivity contribution >= 4 is 17.4 Å². The molecule has 4 rings (SSSR count). The van der Waals surface area contributed by atoms with E-state index < -0.39 is 5.91 Å². The lowest BCUT2D eigenvalue weighted by molar-refractivity contribution is 0.100. The average Bonchev–Trinajstić information content (AvgIpc) is 3.11. The summed E-state index contributed by atoms with van der Waals surface area (Å²) in [5.74, 6) is 0.295. The molecular formula is C19H22N6O. The molecule has 7 heteroatoms. The van der Waals surface area contributed by atoms with E-state index in [2.05, 4.69) is 15.4 Å². The molecule has 134 valence electrons. The zero-order valence-electron chi connectivity index (χ0n) is 14.4. The number of fused-ring (bicyclic) bond motifs is 1. The number of imidazole rings is 1. The number of nitrogens with two attached hydrogens (primary N) is 2. The number of nitrogens with one attached hydrogen (secondary N) is 1. The zero-order valence-corrected chi connectivity index (χ0v) is 14.4. The Morgan fingerprint density at radius 3 is 2.69 bits per heavy atom. The van der Waals surface area contributed by atoms with Crippen molar-refractivity contribution in [3.63, 3.8) is 0 Å². The summed E-state index contributed by atoms with van der Waals surface area (Å²) in [6.07, 6.45) is 7.58. The fourth-order valence-electron chi connectivity index (χ4n) is 3.59. The van der Waals surface area contributed by atoms with Crippen molar-refractivity contribution in [2.75, 3.05) is 5.32 Å². The van der Waals surface area contributed by atoms with Gasteiger partial charge >= 0.3 is 0 Å². The number of hydrogen-bond acceptors (Lipinski definition) is 5. The fourth-order valence-corrected chi connectivity index (χ4v) is 3.59. The van der Waals surface area contributed by atoms with Gasteiger partial charge in [0.2, 0.25) is 5.91 Å². The van der Waals surface area contributed by atoms with Crippen molar-refractivity contribution < 1.29 is 4.79 Å². The second-order valence-electron chi connectivity index (χ2n) is 6.80. The van der Waals surface area contributed by atoms with Crippen molar-refractivity contribution in [3.05, 3.63) is 48.3 Å². The molecule has 1 aliphatic carbocycles. The van der Waals surface area contributed by atoms with Gasteiger partial charge in [-0.25, -0.2) is 9.50 Å². The highest BCUT2D eigenvalue weighted by atomic mass is 16.1. The summed E-state index contributed by atoms with van der Waals surface area (Å²) in [5, 5.41) is 8.12. The number of carbonyl (C=O) groups excluding carboxylic acids is 1. The molecule has 0 atom stereocenters. The molecule has 1 aromatic carbocycles. The summed E-state index contributed by atoms with van der Waals surface area (Å²) >= 11 is 0. The minimum Gasteiger partial charge on any atom is -0.366 e.